The number of nitriles is 1. The number of aromatic nitrogens is 1. The molecule has 10 heteroatoms. The number of nitrogens with zero attached hydrogens (tertiary/aromatic N) is 3. The number of rotatable bonds is 7. The fraction of sp³-hybridized carbons (Fsp3) is 0.310. The number of imide groups is 1. The highest BCUT2D eigenvalue weighted by Crippen LogP contribution is 2.39. The molecule has 0 spiro atoms. The average Bonchev–Trinajstić information content (AvgIpc) is 3.51. The number of hydrogen-bond donors (Lipinski definition) is 1. The van der Waals surface area contributed by atoms with Gasteiger partial charge in [0.1, 0.15) is 23.4 Å². The molecule has 0 saturated carbocycles. The van der Waals surface area contributed by atoms with Crippen LogP contribution >= 0.6 is 23.1 Å². The van der Waals surface area contributed by atoms with Gasteiger partial charge in [-0.3, -0.25) is 19.3 Å². The lowest BCUT2D eigenvalue weighted by Gasteiger charge is -2.12. The maximum Gasteiger partial charge on any atom is 0.294 e. The van der Waals surface area contributed by atoms with Crippen molar-refractivity contribution in [2.45, 2.75) is 46.5 Å². The summed E-state index contributed by atoms with van der Waals surface area (Å²) in [4.78, 5) is 40.9. The first-order chi connectivity index (χ1) is 18.8. The van der Waals surface area contributed by atoms with Gasteiger partial charge in [-0.15, -0.1) is 11.3 Å². The molecule has 3 amide bonds. The Kier molecular flexibility index (Phi) is 7.64. The van der Waals surface area contributed by atoms with Crippen LogP contribution in [0.25, 0.3) is 11.1 Å². The van der Waals surface area contributed by atoms with Crippen LogP contribution < -0.4 is 10.1 Å². The first kappa shape index (κ1) is 26.8. The Morgan fingerprint density at radius 3 is 2.64 bits per heavy atom. The van der Waals surface area contributed by atoms with Gasteiger partial charge in [-0.1, -0.05) is 0 Å². The number of aryl methyl sites for hydroxylation is 2. The van der Waals surface area contributed by atoms with E-state index in [1.165, 1.54) is 10.4 Å². The van der Waals surface area contributed by atoms with E-state index in [0.717, 1.165) is 69.9 Å². The van der Waals surface area contributed by atoms with Crippen molar-refractivity contribution in [1.29, 1.82) is 5.26 Å². The van der Waals surface area contributed by atoms with E-state index in [2.05, 4.69) is 16.0 Å². The molecule has 0 radical (unpaired) electrons. The molecular formula is C29H28N4O4S2. The Labute approximate surface area is 235 Å². The maximum atomic E-state index is 13.1. The largest absolute Gasteiger partial charge is 0.494 e. The number of amides is 3. The molecule has 2 aliphatic rings. The number of carbonyl (C=O) groups excluding carboxylic acids is 3. The Hall–Kier alpha value is -3.81. The molecule has 0 unspecified atom stereocenters. The Morgan fingerprint density at radius 2 is 1.92 bits per heavy atom. The third-order valence-electron chi connectivity index (χ3n) is 6.85. The monoisotopic (exact) mass is 560 g/mol. The maximum absolute atomic E-state index is 13.1. The van der Waals surface area contributed by atoms with E-state index < -0.39 is 17.1 Å². The highest BCUT2D eigenvalue weighted by Gasteiger charge is 2.36. The molecule has 1 aliphatic heterocycles. The van der Waals surface area contributed by atoms with Gasteiger partial charge >= 0.3 is 0 Å². The fourth-order valence-corrected chi connectivity index (χ4v) is 7.27. The Bertz CT molecular complexity index is 1540. The summed E-state index contributed by atoms with van der Waals surface area (Å²) < 4.78 is 7.47. The lowest BCUT2D eigenvalue weighted by molar-refractivity contribution is -0.127. The van der Waals surface area contributed by atoms with Crippen LogP contribution in [0.5, 0.6) is 5.75 Å². The van der Waals surface area contributed by atoms with Gasteiger partial charge in [0.25, 0.3) is 11.1 Å². The van der Waals surface area contributed by atoms with E-state index >= 15 is 0 Å². The average molecular weight is 561 g/mol. The molecule has 5 rings (SSSR count). The number of nitrogens with one attached hydrogen (secondary N) is 1. The zero-order chi connectivity index (χ0) is 27.7. The van der Waals surface area contributed by atoms with Crippen molar-refractivity contribution in [3.05, 3.63) is 68.2 Å². The lowest BCUT2D eigenvalue weighted by atomic mass is 9.96. The topological polar surface area (TPSA) is 104 Å². The van der Waals surface area contributed by atoms with E-state index in [4.69, 9.17) is 4.74 Å². The van der Waals surface area contributed by atoms with Gasteiger partial charge in [0.15, 0.2) is 0 Å². The molecule has 3 aromatic rings. The van der Waals surface area contributed by atoms with Crippen LogP contribution in [0.2, 0.25) is 0 Å². The lowest BCUT2D eigenvalue weighted by Crippen LogP contribution is -2.36. The number of hydrogen-bond acceptors (Lipinski definition) is 7. The van der Waals surface area contributed by atoms with Crippen molar-refractivity contribution in [1.82, 2.24) is 9.47 Å². The van der Waals surface area contributed by atoms with Crippen LogP contribution in [0.3, 0.4) is 0 Å². The van der Waals surface area contributed by atoms with Crippen molar-refractivity contribution in [2.24, 2.45) is 0 Å². The minimum Gasteiger partial charge on any atom is -0.494 e. The minimum atomic E-state index is -0.499. The quantitative estimate of drug-likeness (QED) is 0.357. The molecular weight excluding hydrogens is 532 g/mol. The molecule has 200 valence electrons. The second-order valence-corrected chi connectivity index (χ2v) is 11.5. The van der Waals surface area contributed by atoms with Crippen LogP contribution in [0, 0.1) is 25.2 Å². The van der Waals surface area contributed by atoms with Crippen LogP contribution in [0.15, 0.2) is 35.2 Å². The van der Waals surface area contributed by atoms with Gasteiger partial charge < -0.3 is 14.6 Å². The molecule has 39 heavy (non-hydrogen) atoms. The zero-order valence-corrected chi connectivity index (χ0v) is 23.6. The van der Waals surface area contributed by atoms with E-state index in [9.17, 15) is 19.6 Å². The summed E-state index contributed by atoms with van der Waals surface area (Å²) >= 11 is 2.49. The number of anilines is 1. The molecule has 1 aromatic carbocycles. The minimum absolute atomic E-state index is 0.264. The second kappa shape index (κ2) is 11.1. The normalized spacial score (nSPS) is 15.9. The summed E-state index contributed by atoms with van der Waals surface area (Å²) in [6.45, 7) is 5.98. The molecule has 2 aromatic heterocycles. The number of fused-ring (bicyclic) bond motifs is 1. The van der Waals surface area contributed by atoms with E-state index in [1.807, 2.05) is 26.8 Å². The Morgan fingerprint density at radius 1 is 1.18 bits per heavy atom. The summed E-state index contributed by atoms with van der Waals surface area (Å²) in [5, 5.41) is 13.1. The van der Waals surface area contributed by atoms with Gasteiger partial charge in [0.05, 0.1) is 17.1 Å². The second-order valence-electron chi connectivity index (χ2n) is 9.44. The van der Waals surface area contributed by atoms with Crippen LogP contribution in [0.1, 0.15) is 52.7 Å². The van der Waals surface area contributed by atoms with E-state index in [1.54, 1.807) is 41.7 Å². The predicted molar refractivity (Wildman–Crippen MR) is 153 cm³/mol. The first-order valence-electron chi connectivity index (χ1n) is 12.8. The highest BCUT2D eigenvalue weighted by atomic mass is 32.2. The molecule has 0 bridgehead atoms. The number of benzene rings is 1. The summed E-state index contributed by atoms with van der Waals surface area (Å²) in [6.07, 6.45) is 5.87. The summed E-state index contributed by atoms with van der Waals surface area (Å²) in [7, 11) is 0. The first-order valence-corrected chi connectivity index (χ1v) is 14.5. The van der Waals surface area contributed by atoms with Crippen molar-refractivity contribution in [3.63, 3.8) is 0 Å². The van der Waals surface area contributed by atoms with E-state index in [0.29, 0.717) is 18.0 Å². The van der Waals surface area contributed by atoms with Crippen LogP contribution in [0.4, 0.5) is 10.5 Å². The van der Waals surface area contributed by atoms with Gasteiger partial charge in [-0.2, -0.15) is 5.26 Å². The van der Waals surface area contributed by atoms with Crippen LogP contribution in [-0.4, -0.2) is 39.7 Å². The third kappa shape index (κ3) is 5.24. The summed E-state index contributed by atoms with van der Waals surface area (Å²) in [6, 6.07) is 11.3. The standard InChI is InChI=1S/C29H28N4O4S2/c1-4-37-21-11-9-20(10-12-21)31-26(34)16-32-27(35)25(39-29(32)36)14-19-13-17(2)33(18(19)3)28-23(15-30)22-7-5-6-8-24(22)38-28/h9-14H,4-8,16H2,1-3H3,(H,31,34)/b25-14+. The molecule has 8 nitrogen and oxygen atoms in total. The number of thiophene rings is 1. The molecule has 3 heterocycles. The molecule has 1 N–H and O–H groups in total. The van der Waals surface area contributed by atoms with Crippen LogP contribution in [-0.2, 0) is 22.4 Å². The van der Waals surface area contributed by atoms with Crippen molar-refractivity contribution < 1.29 is 19.1 Å². The van der Waals surface area contributed by atoms with Crippen molar-refractivity contribution in [2.75, 3.05) is 18.5 Å². The molecule has 1 fully saturated rings. The molecule has 0 atom stereocenters. The third-order valence-corrected chi connectivity index (χ3v) is 9.03. The summed E-state index contributed by atoms with van der Waals surface area (Å²) in [5.41, 5.74) is 5.09. The fourth-order valence-electron chi connectivity index (χ4n) is 4.99. The SMILES string of the molecule is CCOc1ccc(NC(=O)CN2C(=O)S/C(=C/c3cc(C)n(-c4sc5c(c4C#N)CCCC5)c3C)C2=O)cc1. The zero-order valence-electron chi connectivity index (χ0n) is 22.0. The molecule has 1 saturated heterocycles. The molecule has 1 aliphatic carbocycles. The van der Waals surface area contributed by atoms with Crippen molar-refractivity contribution in [3.8, 4) is 16.8 Å². The smallest absolute Gasteiger partial charge is 0.294 e. The van der Waals surface area contributed by atoms with Gasteiger partial charge in [-0.25, -0.2) is 0 Å². The number of ether oxygens (including phenoxy) is 1. The van der Waals surface area contributed by atoms with Gasteiger partial charge in [-0.05, 0) is 106 Å². The van der Waals surface area contributed by atoms with Gasteiger partial charge in [0, 0.05) is 22.0 Å². The van der Waals surface area contributed by atoms with Gasteiger partial charge in [0.2, 0.25) is 5.91 Å². The highest BCUT2D eigenvalue weighted by molar-refractivity contribution is 8.18. The Balaban J connectivity index is 1.34. The predicted octanol–water partition coefficient (Wildman–Crippen LogP) is 5.98. The summed E-state index contributed by atoms with van der Waals surface area (Å²) in [5.74, 6) is -0.277. The number of thioether (sulfide) groups is 1. The number of carbonyl (C=O) groups is 3. The van der Waals surface area contributed by atoms with Crippen molar-refractivity contribution >= 4 is 51.9 Å². The van der Waals surface area contributed by atoms with E-state index in [-0.39, 0.29) is 11.4 Å².